The molecule has 3 N–H and O–H groups in total. The number of anilines is 1. The van der Waals surface area contributed by atoms with E-state index in [9.17, 15) is 19.5 Å². The van der Waals surface area contributed by atoms with Crippen LogP contribution in [0.3, 0.4) is 0 Å². The topological polar surface area (TPSA) is 150 Å². The van der Waals surface area contributed by atoms with Gasteiger partial charge in [-0.25, -0.2) is 4.98 Å². The summed E-state index contributed by atoms with van der Waals surface area (Å²) in [6.45, 7) is 0.684. The van der Waals surface area contributed by atoms with E-state index in [0.717, 1.165) is 11.3 Å². The van der Waals surface area contributed by atoms with Crippen LogP contribution in [-0.2, 0) is 19.2 Å². The molecule has 2 unspecified atom stereocenters. The number of carbonyl (C=O) groups excluding carboxylic acids is 3. The van der Waals surface area contributed by atoms with Crippen molar-refractivity contribution in [2.24, 2.45) is 5.16 Å². The predicted octanol–water partition coefficient (Wildman–Crippen LogP) is -1.26. The van der Waals surface area contributed by atoms with Gasteiger partial charge in [0.1, 0.15) is 18.8 Å². The second kappa shape index (κ2) is 9.30. The minimum atomic E-state index is -1.44. The van der Waals surface area contributed by atoms with Crippen LogP contribution in [0.5, 0.6) is 0 Å². The van der Waals surface area contributed by atoms with E-state index in [4.69, 9.17) is 10.6 Å². The lowest BCUT2D eigenvalue weighted by Gasteiger charge is -2.50. The number of carbonyl (C=O) groups is 3. The molecule has 0 aromatic carbocycles. The summed E-state index contributed by atoms with van der Waals surface area (Å²) in [6.07, 6.45) is 3.56. The lowest BCUT2D eigenvalue weighted by Crippen LogP contribution is -2.73. The van der Waals surface area contributed by atoms with Crippen molar-refractivity contribution in [2.75, 3.05) is 46.3 Å². The Hall–Kier alpha value is -2.90. The number of thiazole rings is 1. The number of nitrogens with one attached hydrogen (secondary N) is 1. The number of hydrogen-bond acceptors (Lipinski definition) is 10. The highest BCUT2D eigenvalue weighted by Gasteiger charge is 2.52. The van der Waals surface area contributed by atoms with Crippen LogP contribution in [0.2, 0.25) is 0 Å². The summed E-state index contributed by atoms with van der Waals surface area (Å²) >= 11 is 2.43. The van der Waals surface area contributed by atoms with Gasteiger partial charge in [0.2, 0.25) is 0 Å². The van der Waals surface area contributed by atoms with Crippen molar-refractivity contribution in [3.63, 3.8) is 0 Å². The molecule has 32 heavy (non-hydrogen) atoms. The lowest BCUT2D eigenvalue weighted by atomic mass is 9.94. The average Bonchev–Trinajstić information content (AvgIpc) is 3.14. The molecule has 11 nitrogen and oxygen atoms in total. The molecule has 2 amide bonds. The van der Waals surface area contributed by atoms with E-state index in [1.165, 1.54) is 23.8 Å². The highest BCUT2D eigenvalue weighted by atomic mass is 32.2. The normalized spacial score (nSPS) is 21.4. The van der Waals surface area contributed by atoms with Gasteiger partial charge in [-0.3, -0.25) is 9.59 Å². The standard InChI is InChI=1S/C19H24N6O5S2/c1-25(2,3)7-5-6-12-15(18(28)29)24-11(9-31-12)14(17(24)27)22-16(26)13(23-30-4)10-8-32-19(20)21-10/h5-6,8,11,14H,7,9H2,1-4H3,(H3-,20,21,22,26,28,29)/b6-5-,23-13?. The van der Waals surface area contributed by atoms with E-state index >= 15 is 0 Å². The van der Waals surface area contributed by atoms with E-state index in [-0.39, 0.29) is 22.2 Å². The van der Waals surface area contributed by atoms with Gasteiger partial charge in [0.15, 0.2) is 10.8 Å². The molecule has 13 heteroatoms. The van der Waals surface area contributed by atoms with Gasteiger partial charge in [-0.15, -0.1) is 23.1 Å². The van der Waals surface area contributed by atoms with E-state index in [0.29, 0.717) is 21.7 Å². The first-order chi connectivity index (χ1) is 15.0. The molecule has 0 bridgehead atoms. The third-order valence-electron chi connectivity index (χ3n) is 4.67. The third-order valence-corrected chi connectivity index (χ3v) is 6.49. The van der Waals surface area contributed by atoms with Crippen molar-refractivity contribution in [1.29, 1.82) is 0 Å². The van der Waals surface area contributed by atoms with Gasteiger partial charge in [0.05, 0.1) is 45.4 Å². The van der Waals surface area contributed by atoms with Crippen molar-refractivity contribution in [2.45, 2.75) is 12.1 Å². The quantitative estimate of drug-likeness (QED) is 0.203. The fourth-order valence-corrected chi connectivity index (χ4v) is 4.97. The maximum Gasteiger partial charge on any atom is 0.276 e. The Balaban J connectivity index is 1.78. The second-order valence-electron chi connectivity index (χ2n) is 8.11. The monoisotopic (exact) mass is 480 g/mol. The van der Waals surface area contributed by atoms with E-state index in [1.54, 1.807) is 11.5 Å². The number of fused-ring (bicyclic) bond motifs is 1. The summed E-state index contributed by atoms with van der Waals surface area (Å²) in [7, 11) is 7.31. The SMILES string of the molecule is CON=C(C(=O)NC1C(=O)N2C(C(=O)[O-])=C(/C=C\C[N+](C)(C)C)SCC12)c1csc(N)n1. The highest BCUT2D eigenvalue weighted by Crippen LogP contribution is 2.39. The number of oxime groups is 1. The van der Waals surface area contributed by atoms with E-state index in [1.807, 2.05) is 27.2 Å². The molecular weight excluding hydrogens is 456 g/mol. The first-order valence-corrected chi connectivity index (χ1v) is 11.4. The number of nitrogen functional groups attached to an aromatic ring is 1. The number of likely N-dealkylation sites (N-methyl/N-ethyl adjacent to an activating group) is 1. The number of carboxylic acid groups (broad SMARTS) is 1. The number of amides is 2. The van der Waals surface area contributed by atoms with Crippen LogP contribution in [0.1, 0.15) is 5.69 Å². The lowest BCUT2D eigenvalue weighted by molar-refractivity contribution is -0.864. The maximum absolute atomic E-state index is 12.8. The van der Waals surface area contributed by atoms with Gasteiger partial charge in [0.25, 0.3) is 11.8 Å². The van der Waals surface area contributed by atoms with Crippen molar-refractivity contribution < 1.29 is 28.8 Å². The zero-order valence-corrected chi connectivity index (χ0v) is 19.7. The summed E-state index contributed by atoms with van der Waals surface area (Å²) in [5.74, 6) is -2.23. The van der Waals surface area contributed by atoms with Crippen molar-refractivity contribution >= 4 is 51.7 Å². The summed E-state index contributed by atoms with van der Waals surface area (Å²) in [4.78, 5) is 47.7. The van der Waals surface area contributed by atoms with Gasteiger partial charge in [0, 0.05) is 16.0 Å². The van der Waals surface area contributed by atoms with Crippen LogP contribution in [-0.4, -0.2) is 90.5 Å². The van der Waals surface area contributed by atoms with Gasteiger partial charge in [-0.05, 0) is 12.2 Å². The molecular formula is C19H24N6O5S2. The number of carboxylic acids is 1. The average molecular weight is 481 g/mol. The van der Waals surface area contributed by atoms with Crippen molar-refractivity contribution in [1.82, 2.24) is 15.2 Å². The molecule has 172 valence electrons. The molecule has 2 aliphatic rings. The molecule has 0 aliphatic carbocycles. The zero-order valence-electron chi connectivity index (χ0n) is 18.0. The summed E-state index contributed by atoms with van der Waals surface area (Å²) in [5, 5.41) is 19.9. The summed E-state index contributed by atoms with van der Waals surface area (Å²) < 4.78 is 0.671. The van der Waals surface area contributed by atoms with Gasteiger partial charge in [-0.2, -0.15) is 0 Å². The number of nitrogens with two attached hydrogens (primary N) is 1. The Morgan fingerprint density at radius 2 is 2.19 bits per heavy atom. The molecule has 1 aromatic heterocycles. The first-order valence-electron chi connectivity index (χ1n) is 9.55. The number of rotatable bonds is 8. The number of β-lactam (4-membered cyclic amide) rings is 1. The molecule has 3 rings (SSSR count). The molecule has 0 spiro atoms. The highest BCUT2D eigenvalue weighted by molar-refractivity contribution is 8.03. The minimum Gasteiger partial charge on any atom is -0.543 e. The largest absolute Gasteiger partial charge is 0.543 e. The van der Waals surface area contributed by atoms with Gasteiger partial charge in [-0.1, -0.05) is 5.16 Å². The number of allylic oxidation sites excluding steroid dienone is 1. The number of thioether (sulfide) groups is 1. The molecule has 0 saturated carbocycles. The number of aromatic nitrogens is 1. The molecule has 2 aliphatic heterocycles. The first kappa shape index (κ1) is 23.8. The number of hydrogen-bond donors (Lipinski definition) is 2. The molecule has 1 saturated heterocycles. The predicted molar refractivity (Wildman–Crippen MR) is 119 cm³/mol. The fourth-order valence-electron chi connectivity index (χ4n) is 3.22. The van der Waals surface area contributed by atoms with Crippen LogP contribution < -0.4 is 16.2 Å². The smallest absolute Gasteiger partial charge is 0.276 e. The van der Waals surface area contributed by atoms with Crippen LogP contribution in [0.25, 0.3) is 0 Å². The van der Waals surface area contributed by atoms with Crippen LogP contribution in [0.4, 0.5) is 5.13 Å². The van der Waals surface area contributed by atoms with E-state index < -0.39 is 29.9 Å². The fraction of sp³-hybridized carbons (Fsp3) is 0.421. The molecule has 0 radical (unpaired) electrons. The van der Waals surface area contributed by atoms with E-state index in [2.05, 4.69) is 15.5 Å². The van der Waals surface area contributed by atoms with Crippen molar-refractivity contribution in [3.8, 4) is 0 Å². The summed E-state index contributed by atoms with van der Waals surface area (Å²) in [5.41, 5.74) is 5.52. The van der Waals surface area contributed by atoms with Crippen LogP contribution >= 0.6 is 23.1 Å². The molecule has 1 aromatic rings. The Labute approximate surface area is 193 Å². The Bertz CT molecular complexity index is 1030. The number of quaternary nitrogens is 1. The third kappa shape index (κ3) is 4.95. The molecule has 1 fully saturated rings. The summed E-state index contributed by atoms with van der Waals surface area (Å²) in [6, 6.07) is -1.43. The van der Waals surface area contributed by atoms with Crippen molar-refractivity contribution in [3.05, 3.63) is 33.8 Å². The Kier molecular flexibility index (Phi) is 6.91. The molecule has 3 heterocycles. The molecule has 2 atom stereocenters. The Morgan fingerprint density at radius 3 is 2.75 bits per heavy atom. The number of nitrogens with zero attached hydrogens (tertiary/aromatic N) is 4. The minimum absolute atomic E-state index is 0.130. The van der Waals surface area contributed by atoms with Gasteiger partial charge < -0.3 is 35.2 Å². The number of aliphatic carboxylic acids is 1. The Morgan fingerprint density at radius 1 is 1.47 bits per heavy atom. The van der Waals surface area contributed by atoms with Crippen LogP contribution in [0.15, 0.2) is 33.3 Å². The maximum atomic E-state index is 12.8. The van der Waals surface area contributed by atoms with Gasteiger partial charge >= 0.3 is 0 Å². The van der Waals surface area contributed by atoms with Crippen LogP contribution in [0, 0.1) is 0 Å². The second-order valence-corrected chi connectivity index (χ2v) is 10.1. The zero-order chi connectivity index (χ0) is 23.6.